The highest BCUT2D eigenvalue weighted by Gasteiger charge is 2.27. The van der Waals surface area contributed by atoms with Gasteiger partial charge in [-0.2, -0.15) is 0 Å². The van der Waals surface area contributed by atoms with Crippen LogP contribution < -0.4 is 5.32 Å². The van der Waals surface area contributed by atoms with Crippen LogP contribution in [0.5, 0.6) is 0 Å². The monoisotopic (exact) mass is 183 g/mol. The fraction of sp³-hybridized carbons (Fsp3) is 1.00. The van der Waals surface area contributed by atoms with Crippen LogP contribution in [0.2, 0.25) is 0 Å². The summed E-state index contributed by atoms with van der Waals surface area (Å²) in [5.41, 5.74) is 0. The van der Waals surface area contributed by atoms with Crippen molar-refractivity contribution in [2.75, 3.05) is 6.54 Å². The van der Waals surface area contributed by atoms with E-state index in [1.54, 1.807) is 0 Å². The Morgan fingerprint density at radius 3 is 2.15 bits per heavy atom. The Hall–Kier alpha value is -0.0400. The average Bonchev–Trinajstić information content (AvgIpc) is 2.91. The molecule has 0 aromatic carbocycles. The number of hydrogen-bond acceptors (Lipinski definition) is 1. The van der Waals surface area contributed by atoms with Gasteiger partial charge in [-0.15, -0.1) is 0 Å². The van der Waals surface area contributed by atoms with E-state index in [2.05, 4.69) is 26.1 Å². The van der Waals surface area contributed by atoms with Crippen molar-refractivity contribution in [1.82, 2.24) is 5.32 Å². The molecule has 0 aliphatic heterocycles. The van der Waals surface area contributed by atoms with E-state index in [0.29, 0.717) is 0 Å². The predicted molar refractivity (Wildman–Crippen MR) is 58.9 cm³/mol. The first-order valence-electron chi connectivity index (χ1n) is 6.05. The second kappa shape index (κ2) is 5.64. The highest BCUT2D eigenvalue weighted by molar-refractivity contribution is 4.83. The largest absolute Gasteiger partial charge is 0.314 e. The van der Waals surface area contributed by atoms with Crippen molar-refractivity contribution in [3.63, 3.8) is 0 Å². The van der Waals surface area contributed by atoms with E-state index in [0.717, 1.165) is 24.4 Å². The van der Waals surface area contributed by atoms with Gasteiger partial charge in [0.2, 0.25) is 0 Å². The molecular formula is C12H25N. The van der Waals surface area contributed by atoms with Crippen molar-refractivity contribution < 1.29 is 0 Å². The van der Waals surface area contributed by atoms with Crippen molar-refractivity contribution in [3.05, 3.63) is 0 Å². The standard InChI is InChI=1S/C12H25N/c1-4-11(5-2)12(13-6-3)9-10-7-8-10/h10-13H,4-9H2,1-3H3. The van der Waals surface area contributed by atoms with Crippen molar-refractivity contribution in [1.29, 1.82) is 0 Å². The van der Waals surface area contributed by atoms with E-state index in [1.165, 1.54) is 32.1 Å². The van der Waals surface area contributed by atoms with Crippen molar-refractivity contribution in [2.24, 2.45) is 11.8 Å². The summed E-state index contributed by atoms with van der Waals surface area (Å²) in [6, 6.07) is 0.799. The molecule has 78 valence electrons. The lowest BCUT2D eigenvalue weighted by Gasteiger charge is -2.26. The molecule has 13 heavy (non-hydrogen) atoms. The molecule has 0 amide bonds. The van der Waals surface area contributed by atoms with Gasteiger partial charge in [0.25, 0.3) is 0 Å². The topological polar surface area (TPSA) is 12.0 Å². The summed E-state index contributed by atoms with van der Waals surface area (Å²) < 4.78 is 0. The van der Waals surface area contributed by atoms with E-state index >= 15 is 0 Å². The maximum Gasteiger partial charge on any atom is 0.00976 e. The number of hydrogen-bond donors (Lipinski definition) is 1. The molecule has 1 rings (SSSR count). The molecule has 0 aromatic rings. The van der Waals surface area contributed by atoms with Gasteiger partial charge in [0.1, 0.15) is 0 Å². The fourth-order valence-electron chi connectivity index (χ4n) is 2.28. The Bertz CT molecular complexity index is 125. The van der Waals surface area contributed by atoms with Crippen LogP contribution in [0.25, 0.3) is 0 Å². The van der Waals surface area contributed by atoms with Gasteiger partial charge in [-0.1, -0.05) is 46.5 Å². The van der Waals surface area contributed by atoms with Gasteiger partial charge in [0.15, 0.2) is 0 Å². The number of rotatable bonds is 7. The zero-order valence-corrected chi connectivity index (χ0v) is 9.47. The molecule has 0 radical (unpaired) electrons. The third-order valence-electron chi connectivity index (χ3n) is 3.37. The van der Waals surface area contributed by atoms with Gasteiger partial charge < -0.3 is 5.32 Å². The second-order valence-electron chi connectivity index (χ2n) is 4.42. The summed E-state index contributed by atoms with van der Waals surface area (Å²) in [6.07, 6.45) is 7.08. The Morgan fingerprint density at radius 1 is 1.15 bits per heavy atom. The van der Waals surface area contributed by atoms with Crippen LogP contribution >= 0.6 is 0 Å². The van der Waals surface area contributed by atoms with Crippen LogP contribution in [0.4, 0.5) is 0 Å². The molecule has 1 saturated carbocycles. The molecule has 1 N–H and O–H groups in total. The van der Waals surface area contributed by atoms with E-state index in [4.69, 9.17) is 0 Å². The first-order chi connectivity index (χ1) is 6.31. The molecule has 1 aliphatic rings. The normalized spacial score (nSPS) is 19.4. The average molecular weight is 183 g/mol. The first-order valence-corrected chi connectivity index (χ1v) is 6.05. The maximum atomic E-state index is 3.66. The van der Waals surface area contributed by atoms with E-state index < -0.39 is 0 Å². The van der Waals surface area contributed by atoms with Crippen LogP contribution in [-0.2, 0) is 0 Å². The summed E-state index contributed by atoms with van der Waals surface area (Å²) in [5, 5.41) is 3.66. The lowest BCUT2D eigenvalue weighted by atomic mass is 9.90. The highest BCUT2D eigenvalue weighted by Crippen LogP contribution is 2.35. The Morgan fingerprint density at radius 2 is 1.77 bits per heavy atom. The summed E-state index contributed by atoms with van der Waals surface area (Å²) >= 11 is 0. The maximum absolute atomic E-state index is 3.66. The minimum Gasteiger partial charge on any atom is -0.314 e. The molecule has 1 aliphatic carbocycles. The third kappa shape index (κ3) is 3.68. The summed E-state index contributed by atoms with van der Waals surface area (Å²) in [6.45, 7) is 8.01. The molecule has 0 bridgehead atoms. The lowest BCUT2D eigenvalue weighted by molar-refractivity contribution is 0.311. The zero-order valence-electron chi connectivity index (χ0n) is 9.47. The van der Waals surface area contributed by atoms with Crippen LogP contribution in [0.1, 0.15) is 52.9 Å². The van der Waals surface area contributed by atoms with Gasteiger partial charge >= 0.3 is 0 Å². The van der Waals surface area contributed by atoms with Crippen molar-refractivity contribution >= 4 is 0 Å². The Balaban J connectivity index is 2.32. The Kier molecular flexibility index (Phi) is 4.79. The van der Waals surface area contributed by atoms with E-state index in [9.17, 15) is 0 Å². The molecule has 0 aromatic heterocycles. The molecule has 1 atom stereocenters. The molecule has 1 unspecified atom stereocenters. The fourth-order valence-corrected chi connectivity index (χ4v) is 2.28. The molecule has 0 heterocycles. The molecule has 1 nitrogen and oxygen atoms in total. The van der Waals surface area contributed by atoms with Crippen LogP contribution in [-0.4, -0.2) is 12.6 Å². The number of nitrogens with one attached hydrogen (secondary N) is 1. The van der Waals surface area contributed by atoms with E-state index in [1.807, 2.05) is 0 Å². The van der Waals surface area contributed by atoms with Gasteiger partial charge in [-0.05, 0) is 24.8 Å². The van der Waals surface area contributed by atoms with Crippen LogP contribution in [0.15, 0.2) is 0 Å². The summed E-state index contributed by atoms with van der Waals surface area (Å²) in [7, 11) is 0. The van der Waals surface area contributed by atoms with E-state index in [-0.39, 0.29) is 0 Å². The summed E-state index contributed by atoms with van der Waals surface area (Å²) in [4.78, 5) is 0. The third-order valence-corrected chi connectivity index (χ3v) is 3.37. The minimum atomic E-state index is 0.799. The Labute approximate surface area is 83.3 Å². The quantitative estimate of drug-likeness (QED) is 0.639. The van der Waals surface area contributed by atoms with Gasteiger partial charge in [0.05, 0.1) is 0 Å². The van der Waals surface area contributed by atoms with Crippen LogP contribution in [0.3, 0.4) is 0 Å². The van der Waals surface area contributed by atoms with Gasteiger partial charge in [-0.25, -0.2) is 0 Å². The van der Waals surface area contributed by atoms with Gasteiger partial charge in [-0.3, -0.25) is 0 Å². The molecule has 1 fully saturated rings. The van der Waals surface area contributed by atoms with Gasteiger partial charge in [0, 0.05) is 6.04 Å². The van der Waals surface area contributed by atoms with Crippen LogP contribution in [0, 0.1) is 11.8 Å². The smallest absolute Gasteiger partial charge is 0.00976 e. The van der Waals surface area contributed by atoms with Crippen molar-refractivity contribution in [3.8, 4) is 0 Å². The lowest BCUT2D eigenvalue weighted by Crippen LogP contribution is -2.36. The zero-order chi connectivity index (χ0) is 9.68. The molecule has 0 spiro atoms. The first kappa shape index (κ1) is 11.0. The highest BCUT2D eigenvalue weighted by atomic mass is 14.9. The predicted octanol–water partition coefficient (Wildman–Crippen LogP) is 3.20. The molecule has 0 saturated heterocycles. The SMILES string of the molecule is CCNC(CC1CC1)C(CC)CC. The molecular weight excluding hydrogens is 158 g/mol. The van der Waals surface area contributed by atoms with Crippen molar-refractivity contribution in [2.45, 2.75) is 58.9 Å². The second-order valence-corrected chi connectivity index (χ2v) is 4.42. The minimum absolute atomic E-state index is 0.799. The molecule has 1 heteroatoms. The summed E-state index contributed by atoms with van der Waals surface area (Å²) in [5.74, 6) is 1.96.